The number of nitrogens with zero attached hydrogens (tertiary/aromatic N) is 3. The SMILES string of the molecule is CCN(CC)CCn1cc(C2CC[C@@](C(=O)O)(c3cccc(F)c3C)C2)cn1. The number of hydrogen-bond acceptors (Lipinski definition) is 3. The van der Waals surface area contributed by atoms with E-state index in [4.69, 9.17) is 0 Å². The van der Waals surface area contributed by atoms with Gasteiger partial charge in [0.15, 0.2) is 0 Å². The predicted molar refractivity (Wildman–Crippen MR) is 107 cm³/mol. The molecule has 0 spiro atoms. The Morgan fingerprint density at radius 1 is 1.39 bits per heavy atom. The van der Waals surface area contributed by atoms with E-state index in [1.54, 1.807) is 19.1 Å². The van der Waals surface area contributed by atoms with Gasteiger partial charge in [0.05, 0.1) is 18.2 Å². The molecule has 1 aliphatic rings. The van der Waals surface area contributed by atoms with Crippen LogP contribution < -0.4 is 0 Å². The monoisotopic (exact) mass is 387 g/mol. The van der Waals surface area contributed by atoms with E-state index >= 15 is 0 Å². The molecule has 28 heavy (non-hydrogen) atoms. The van der Waals surface area contributed by atoms with Gasteiger partial charge in [0.25, 0.3) is 0 Å². The number of benzene rings is 1. The molecule has 3 rings (SSSR count). The lowest BCUT2D eigenvalue weighted by molar-refractivity contribution is -0.143. The van der Waals surface area contributed by atoms with Crippen molar-refractivity contribution >= 4 is 5.97 Å². The first-order chi connectivity index (χ1) is 13.4. The number of carboxylic acid groups (broad SMARTS) is 1. The lowest BCUT2D eigenvalue weighted by atomic mass is 9.76. The number of hydrogen-bond donors (Lipinski definition) is 1. The molecule has 0 aliphatic heterocycles. The first-order valence-corrected chi connectivity index (χ1v) is 10.1. The molecule has 5 nitrogen and oxygen atoms in total. The second-order valence-electron chi connectivity index (χ2n) is 7.80. The van der Waals surface area contributed by atoms with E-state index in [-0.39, 0.29) is 11.7 Å². The molecule has 2 aromatic rings. The maximum atomic E-state index is 14.1. The van der Waals surface area contributed by atoms with Crippen molar-refractivity contribution in [3.63, 3.8) is 0 Å². The summed E-state index contributed by atoms with van der Waals surface area (Å²) < 4.78 is 16.0. The second-order valence-corrected chi connectivity index (χ2v) is 7.80. The van der Waals surface area contributed by atoms with E-state index in [9.17, 15) is 14.3 Å². The molecule has 1 fully saturated rings. The van der Waals surface area contributed by atoms with Gasteiger partial charge >= 0.3 is 5.97 Å². The van der Waals surface area contributed by atoms with E-state index in [0.717, 1.165) is 38.2 Å². The summed E-state index contributed by atoms with van der Waals surface area (Å²) in [5.74, 6) is -1.08. The van der Waals surface area contributed by atoms with Gasteiger partial charge in [-0.2, -0.15) is 5.10 Å². The highest BCUT2D eigenvalue weighted by Crippen LogP contribution is 2.49. The summed E-state index contributed by atoms with van der Waals surface area (Å²) in [4.78, 5) is 14.6. The summed E-state index contributed by atoms with van der Waals surface area (Å²) in [6.07, 6.45) is 5.67. The molecule has 0 radical (unpaired) electrons. The number of aromatic nitrogens is 2. The van der Waals surface area contributed by atoms with Crippen LogP contribution in [0.4, 0.5) is 4.39 Å². The highest BCUT2D eigenvalue weighted by Gasteiger charge is 2.48. The molecule has 152 valence electrons. The van der Waals surface area contributed by atoms with Crippen LogP contribution in [-0.4, -0.2) is 45.4 Å². The van der Waals surface area contributed by atoms with E-state index in [2.05, 4.69) is 23.8 Å². The molecule has 1 saturated carbocycles. The van der Waals surface area contributed by atoms with Gasteiger partial charge in [0.1, 0.15) is 5.82 Å². The first kappa shape index (κ1) is 20.5. The molecular formula is C22H30FN3O2. The number of carboxylic acids is 1. The Morgan fingerprint density at radius 2 is 2.14 bits per heavy atom. The molecule has 1 heterocycles. The zero-order valence-electron chi connectivity index (χ0n) is 17.0. The zero-order chi connectivity index (χ0) is 20.3. The third kappa shape index (κ3) is 3.83. The summed E-state index contributed by atoms with van der Waals surface area (Å²) >= 11 is 0. The molecule has 1 aromatic carbocycles. The number of halogens is 1. The zero-order valence-corrected chi connectivity index (χ0v) is 17.0. The van der Waals surface area contributed by atoms with Crippen molar-refractivity contribution in [1.29, 1.82) is 0 Å². The molecular weight excluding hydrogens is 357 g/mol. The van der Waals surface area contributed by atoms with Crippen LogP contribution in [0.1, 0.15) is 55.7 Å². The van der Waals surface area contributed by atoms with Crippen molar-refractivity contribution in [1.82, 2.24) is 14.7 Å². The Balaban J connectivity index is 1.78. The van der Waals surface area contributed by atoms with Crippen molar-refractivity contribution < 1.29 is 14.3 Å². The van der Waals surface area contributed by atoms with Crippen LogP contribution in [0.5, 0.6) is 0 Å². The van der Waals surface area contributed by atoms with Gasteiger partial charge in [-0.15, -0.1) is 0 Å². The van der Waals surface area contributed by atoms with Crippen molar-refractivity contribution in [2.24, 2.45) is 0 Å². The Labute approximate surface area is 166 Å². The fourth-order valence-electron chi connectivity index (χ4n) is 4.51. The van der Waals surface area contributed by atoms with Gasteiger partial charge < -0.3 is 10.0 Å². The second kappa shape index (κ2) is 8.43. The molecule has 6 heteroatoms. The van der Waals surface area contributed by atoms with Crippen molar-refractivity contribution in [3.05, 3.63) is 53.1 Å². The Kier molecular flexibility index (Phi) is 6.18. The minimum absolute atomic E-state index is 0.126. The average molecular weight is 387 g/mol. The maximum Gasteiger partial charge on any atom is 0.314 e. The maximum absolute atomic E-state index is 14.1. The molecule has 0 amide bonds. The van der Waals surface area contributed by atoms with Crippen LogP contribution >= 0.6 is 0 Å². The predicted octanol–water partition coefficient (Wildman–Crippen LogP) is 3.96. The number of likely N-dealkylation sites (N-methyl/N-ethyl adjacent to an activating group) is 1. The summed E-state index contributed by atoms with van der Waals surface area (Å²) in [5, 5.41) is 14.5. The lowest BCUT2D eigenvalue weighted by Gasteiger charge is -2.27. The van der Waals surface area contributed by atoms with Gasteiger partial charge in [0.2, 0.25) is 0 Å². The van der Waals surface area contributed by atoms with E-state index < -0.39 is 11.4 Å². The van der Waals surface area contributed by atoms with Gasteiger partial charge in [-0.05, 0) is 68.0 Å². The van der Waals surface area contributed by atoms with Gasteiger partial charge in [-0.1, -0.05) is 26.0 Å². The topological polar surface area (TPSA) is 58.4 Å². The molecule has 1 aromatic heterocycles. The van der Waals surface area contributed by atoms with E-state index in [0.29, 0.717) is 24.0 Å². The van der Waals surface area contributed by atoms with E-state index in [1.807, 2.05) is 17.1 Å². The van der Waals surface area contributed by atoms with Crippen molar-refractivity contribution in [3.8, 4) is 0 Å². The molecule has 0 bridgehead atoms. The largest absolute Gasteiger partial charge is 0.481 e. The van der Waals surface area contributed by atoms with Crippen LogP contribution in [0.3, 0.4) is 0 Å². The average Bonchev–Trinajstić information content (AvgIpc) is 3.32. The number of rotatable bonds is 8. The lowest BCUT2D eigenvalue weighted by Crippen LogP contribution is -2.34. The standard InChI is InChI=1S/C22H30FN3O2/c1-4-25(5-2)11-12-26-15-18(14-24-26)17-9-10-22(13-17,21(27)28)19-7-6-8-20(23)16(19)3/h6-8,14-15,17H,4-5,9-13H2,1-3H3,(H,27,28)/t17?,22-/m0/s1. The molecule has 1 unspecified atom stereocenters. The van der Waals surface area contributed by atoms with Crippen molar-refractivity contribution in [2.75, 3.05) is 19.6 Å². The number of aliphatic carboxylic acids is 1. The third-order valence-corrected chi connectivity index (χ3v) is 6.37. The van der Waals surface area contributed by atoms with Crippen LogP contribution in [0, 0.1) is 12.7 Å². The molecule has 1 aliphatic carbocycles. The highest BCUT2D eigenvalue weighted by atomic mass is 19.1. The highest BCUT2D eigenvalue weighted by molar-refractivity contribution is 5.82. The smallest absolute Gasteiger partial charge is 0.314 e. The van der Waals surface area contributed by atoms with Gasteiger partial charge in [0, 0.05) is 12.7 Å². The third-order valence-electron chi connectivity index (χ3n) is 6.37. The van der Waals surface area contributed by atoms with Crippen LogP contribution in [0.2, 0.25) is 0 Å². The summed E-state index contributed by atoms with van der Waals surface area (Å²) in [6, 6.07) is 4.77. The summed E-state index contributed by atoms with van der Waals surface area (Å²) in [7, 11) is 0. The Hall–Kier alpha value is -2.21. The fourth-order valence-corrected chi connectivity index (χ4v) is 4.51. The Bertz CT molecular complexity index is 831. The Morgan fingerprint density at radius 3 is 2.82 bits per heavy atom. The van der Waals surface area contributed by atoms with E-state index in [1.165, 1.54) is 6.07 Å². The van der Waals surface area contributed by atoms with Gasteiger partial charge in [-0.25, -0.2) is 4.39 Å². The summed E-state index contributed by atoms with van der Waals surface area (Å²) in [6.45, 7) is 9.77. The minimum atomic E-state index is -1.03. The quantitative estimate of drug-likeness (QED) is 0.745. The molecule has 1 N–H and O–H groups in total. The van der Waals surface area contributed by atoms with Crippen LogP contribution in [0.25, 0.3) is 0 Å². The first-order valence-electron chi connectivity index (χ1n) is 10.1. The minimum Gasteiger partial charge on any atom is -0.481 e. The van der Waals surface area contributed by atoms with Crippen molar-refractivity contribution in [2.45, 2.75) is 57.9 Å². The number of carbonyl (C=O) groups is 1. The molecule has 0 saturated heterocycles. The normalized spacial score (nSPS) is 22.1. The van der Waals surface area contributed by atoms with Crippen LogP contribution in [0.15, 0.2) is 30.6 Å². The summed E-state index contributed by atoms with van der Waals surface area (Å²) in [5.41, 5.74) is 1.11. The fraction of sp³-hybridized carbons (Fsp3) is 0.545. The van der Waals surface area contributed by atoms with Crippen LogP contribution in [-0.2, 0) is 16.8 Å². The van der Waals surface area contributed by atoms with Gasteiger partial charge in [-0.3, -0.25) is 9.48 Å². The molecule has 2 atom stereocenters.